The third-order valence-corrected chi connectivity index (χ3v) is 3.16. The van der Waals surface area contributed by atoms with Crippen molar-refractivity contribution in [1.82, 2.24) is 0 Å². The van der Waals surface area contributed by atoms with Gasteiger partial charge in [0.05, 0.1) is 10.6 Å². The van der Waals surface area contributed by atoms with Crippen LogP contribution in [0, 0.1) is 11.6 Å². The minimum absolute atomic E-state index is 0.172. The predicted molar refractivity (Wildman–Crippen MR) is 68.9 cm³/mol. The summed E-state index contributed by atoms with van der Waals surface area (Å²) in [5.41, 5.74) is -0.0361. The van der Waals surface area contributed by atoms with Crippen molar-refractivity contribution in [3.05, 3.63) is 68.7 Å². The molecular formula is C13H6BrClF2O. The summed E-state index contributed by atoms with van der Waals surface area (Å²) in [6, 6.07) is 7.45. The van der Waals surface area contributed by atoms with E-state index < -0.39 is 17.4 Å². The Balaban J connectivity index is 2.48. The molecule has 0 aliphatic carbocycles. The summed E-state index contributed by atoms with van der Waals surface area (Å²) in [4.78, 5) is 12.0. The van der Waals surface area contributed by atoms with Gasteiger partial charge in [-0.25, -0.2) is 8.78 Å². The average molecular weight is 332 g/mol. The Morgan fingerprint density at radius 3 is 2.33 bits per heavy atom. The van der Waals surface area contributed by atoms with E-state index in [0.717, 1.165) is 12.1 Å². The maximum Gasteiger partial charge on any atom is 0.197 e. The first-order valence-corrected chi connectivity index (χ1v) is 6.11. The normalized spacial score (nSPS) is 10.4. The molecule has 2 aromatic carbocycles. The topological polar surface area (TPSA) is 17.1 Å². The lowest BCUT2D eigenvalue weighted by Gasteiger charge is -2.05. The molecule has 92 valence electrons. The van der Waals surface area contributed by atoms with E-state index in [9.17, 15) is 13.6 Å². The van der Waals surface area contributed by atoms with E-state index >= 15 is 0 Å². The van der Waals surface area contributed by atoms with Gasteiger partial charge >= 0.3 is 0 Å². The highest BCUT2D eigenvalue weighted by molar-refractivity contribution is 9.10. The van der Waals surface area contributed by atoms with Crippen LogP contribution in [0.1, 0.15) is 15.9 Å². The van der Waals surface area contributed by atoms with Gasteiger partial charge in [-0.1, -0.05) is 27.5 Å². The number of benzene rings is 2. The van der Waals surface area contributed by atoms with Gasteiger partial charge in [0, 0.05) is 16.1 Å². The molecule has 0 aromatic heterocycles. The maximum absolute atomic E-state index is 13.5. The van der Waals surface area contributed by atoms with Gasteiger partial charge < -0.3 is 0 Å². The fourth-order valence-corrected chi connectivity index (χ4v) is 2.25. The molecule has 0 amide bonds. The molecule has 18 heavy (non-hydrogen) atoms. The van der Waals surface area contributed by atoms with E-state index in [2.05, 4.69) is 15.9 Å². The number of hydrogen-bond donors (Lipinski definition) is 0. The summed E-state index contributed by atoms with van der Waals surface area (Å²) in [5.74, 6) is -2.21. The van der Waals surface area contributed by atoms with Crippen LogP contribution in [0.25, 0.3) is 0 Å². The van der Waals surface area contributed by atoms with Gasteiger partial charge in [-0.3, -0.25) is 4.79 Å². The van der Waals surface area contributed by atoms with Crippen LogP contribution in [0.5, 0.6) is 0 Å². The van der Waals surface area contributed by atoms with Crippen molar-refractivity contribution < 1.29 is 13.6 Å². The lowest BCUT2D eigenvalue weighted by Crippen LogP contribution is -2.05. The molecule has 0 saturated heterocycles. The smallest absolute Gasteiger partial charge is 0.197 e. The lowest BCUT2D eigenvalue weighted by atomic mass is 10.0. The van der Waals surface area contributed by atoms with Crippen LogP contribution in [-0.2, 0) is 0 Å². The molecule has 0 radical (unpaired) electrons. The number of carbonyl (C=O) groups is 1. The van der Waals surface area contributed by atoms with Crippen LogP contribution >= 0.6 is 27.5 Å². The highest BCUT2D eigenvalue weighted by atomic mass is 79.9. The fourth-order valence-electron chi connectivity index (χ4n) is 1.49. The third-order valence-electron chi connectivity index (χ3n) is 2.35. The molecule has 0 aliphatic heterocycles. The Kier molecular flexibility index (Phi) is 3.78. The Bertz CT molecular complexity index is 575. The Morgan fingerprint density at radius 2 is 1.72 bits per heavy atom. The summed E-state index contributed by atoms with van der Waals surface area (Å²) in [7, 11) is 0. The van der Waals surface area contributed by atoms with E-state index in [0.29, 0.717) is 10.5 Å². The largest absolute Gasteiger partial charge is 0.288 e. The van der Waals surface area contributed by atoms with Crippen molar-refractivity contribution in [1.29, 1.82) is 0 Å². The summed E-state index contributed by atoms with van der Waals surface area (Å²) in [6.07, 6.45) is 0. The van der Waals surface area contributed by atoms with Crippen molar-refractivity contribution in [2.45, 2.75) is 0 Å². The van der Waals surface area contributed by atoms with Crippen LogP contribution in [0.15, 0.2) is 40.9 Å². The summed E-state index contributed by atoms with van der Waals surface area (Å²) >= 11 is 9.12. The highest BCUT2D eigenvalue weighted by Gasteiger charge is 2.17. The first-order chi connectivity index (χ1) is 8.49. The van der Waals surface area contributed by atoms with Crippen LogP contribution in [-0.4, -0.2) is 5.78 Å². The first-order valence-electron chi connectivity index (χ1n) is 4.94. The molecule has 0 unspecified atom stereocenters. The molecule has 0 fully saturated rings. The molecule has 0 saturated carbocycles. The van der Waals surface area contributed by atoms with Crippen LogP contribution in [0.4, 0.5) is 8.78 Å². The molecule has 0 atom stereocenters. The Labute approximate surface area is 116 Å². The number of ketones is 1. The minimum Gasteiger partial charge on any atom is -0.288 e. The Morgan fingerprint density at radius 1 is 1.06 bits per heavy atom. The van der Waals surface area contributed by atoms with Gasteiger partial charge in [0.1, 0.15) is 11.6 Å². The van der Waals surface area contributed by atoms with E-state index in [4.69, 9.17) is 11.6 Å². The second-order valence-electron chi connectivity index (χ2n) is 3.58. The van der Waals surface area contributed by atoms with E-state index in [1.54, 1.807) is 6.07 Å². The zero-order chi connectivity index (χ0) is 13.3. The molecular weight excluding hydrogens is 325 g/mol. The monoisotopic (exact) mass is 330 g/mol. The van der Waals surface area contributed by atoms with Gasteiger partial charge in [0.25, 0.3) is 0 Å². The Hall–Kier alpha value is -1.26. The van der Waals surface area contributed by atoms with Crippen LogP contribution in [0.3, 0.4) is 0 Å². The molecule has 2 aromatic rings. The molecule has 0 bridgehead atoms. The van der Waals surface area contributed by atoms with Crippen LogP contribution < -0.4 is 0 Å². The van der Waals surface area contributed by atoms with Crippen molar-refractivity contribution >= 4 is 33.3 Å². The van der Waals surface area contributed by atoms with E-state index in [-0.39, 0.29) is 16.1 Å². The standard InChI is InChI=1S/C13H6BrClF2O/c14-7-1-3-9(11(15)5-7)13(18)10-4-2-8(16)6-12(10)17/h1-6H. The predicted octanol–water partition coefficient (Wildman–Crippen LogP) is 4.61. The number of rotatable bonds is 2. The van der Waals surface area contributed by atoms with Crippen molar-refractivity contribution in [2.24, 2.45) is 0 Å². The second kappa shape index (κ2) is 5.16. The van der Waals surface area contributed by atoms with Crippen LogP contribution in [0.2, 0.25) is 5.02 Å². The van der Waals surface area contributed by atoms with Gasteiger partial charge in [-0.15, -0.1) is 0 Å². The van der Waals surface area contributed by atoms with E-state index in [1.807, 2.05) is 0 Å². The van der Waals surface area contributed by atoms with Crippen molar-refractivity contribution in [3.63, 3.8) is 0 Å². The average Bonchev–Trinajstić information content (AvgIpc) is 2.28. The zero-order valence-electron chi connectivity index (χ0n) is 8.88. The zero-order valence-corrected chi connectivity index (χ0v) is 11.2. The SMILES string of the molecule is O=C(c1ccc(F)cc1F)c1ccc(Br)cc1Cl. The lowest BCUT2D eigenvalue weighted by molar-refractivity contribution is 0.103. The molecule has 1 nitrogen and oxygen atoms in total. The molecule has 0 aliphatic rings. The fraction of sp³-hybridized carbons (Fsp3) is 0. The maximum atomic E-state index is 13.5. The molecule has 0 spiro atoms. The third kappa shape index (κ3) is 2.60. The number of carbonyl (C=O) groups excluding carboxylic acids is 1. The molecule has 5 heteroatoms. The van der Waals surface area contributed by atoms with E-state index in [1.165, 1.54) is 12.1 Å². The van der Waals surface area contributed by atoms with Gasteiger partial charge in [0.2, 0.25) is 0 Å². The number of halogens is 4. The summed E-state index contributed by atoms with van der Waals surface area (Å²) in [5, 5.41) is 0.207. The highest BCUT2D eigenvalue weighted by Crippen LogP contribution is 2.24. The van der Waals surface area contributed by atoms with Gasteiger partial charge in [0.15, 0.2) is 5.78 Å². The van der Waals surface area contributed by atoms with Crippen molar-refractivity contribution in [2.75, 3.05) is 0 Å². The summed E-state index contributed by atoms with van der Waals surface area (Å²) in [6.45, 7) is 0. The second-order valence-corrected chi connectivity index (χ2v) is 4.90. The number of hydrogen-bond acceptors (Lipinski definition) is 1. The molecule has 0 N–H and O–H groups in total. The minimum atomic E-state index is -0.904. The summed E-state index contributed by atoms with van der Waals surface area (Å²) < 4.78 is 27.0. The van der Waals surface area contributed by atoms with Gasteiger partial charge in [-0.05, 0) is 30.3 Å². The van der Waals surface area contributed by atoms with Crippen molar-refractivity contribution in [3.8, 4) is 0 Å². The molecule has 0 heterocycles. The quantitative estimate of drug-likeness (QED) is 0.734. The first kappa shape index (κ1) is 13.2. The van der Waals surface area contributed by atoms with Gasteiger partial charge in [-0.2, -0.15) is 0 Å². The molecule has 2 rings (SSSR count).